The van der Waals surface area contributed by atoms with Gasteiger partial charge in [-0.1, -0.05) is 12.1 Å². The molecule has 13 heavy (non-hydrogen) atoms. The highest BCUT2D eigenvalue weighted by Gasteiger charge is 2.42. The molecule has 0 saturated heterocycles. The van der Waals surface area contributed by atoms with Crippen molar-refractivity contribution in [3.05, 3.63) is 29.8 Å². The minimum Gasteiger partial charge on any atom is -0.310 e. The molecular weight excluding hydrogens is 178 g/mol. The summed E-state index contributed by atoms with van der Waals surface area (Å²) in [4.78, 5) is 1.34. The summed E-state index contributed by atoms with van der Waals surface area (Å²) in [5.41, 5.74) is 1.75. The molecule has 2 heteroatoms. The highest BCUT2D eigenvalue weighted by atomic mass is 32.2. The summed E-state index contributed by atoms with van der Waals surface area (Å²) in [5, 5.41) is 3.40. The molecule has 0 bridgehead atoms. The molecule has 2 rings (SSSR count). The van der Waals surface area contributed by atoms with Crippen molar-refractivity contribution in [3.8, 4) is 0 Å². The third kappa shape index (κ3) is 1.61. The van der Waals surface area contributed by atoms with Crippen molar-refractivity contribution in [2.45, 2.75) is 23.3 Å². The van der Waals surface area contributed by atoms with Crippen LogP contribution in [0.25, 0.3) is 0 Å². The first-order valence-corrected chi connectivity index (χ1v) is 5.87. The van der Waals surface area contributed by atoms with E-state index in [4.69, 9.17) is 0 Å². The Morgan fingerprint density at radius 3 is 2.23 bits per heavy atom. The van der Waals surface area contributed by atoms with Gasteiger partial charge >= 0.3 is 0 Å². The SMILES string of the molecule is CNC1(c2ccc(SC)cc2)CC1. The lowest BCUT2D eigenvalue weighted by Gasteiger charge is -2.14. The molecule has 1 fully saturated rings. The van der Waals surface area contributed by atoms with Gasteiger partial charge in [-0.25, -0.2) is 0 Å². The van der Waals surface area contributed by atoms with Crippen LogP contribution in [0.2, 0.25) is 0 Å². The first kappa shape index (κ1) is 9.10. The van der Waals surface area contributed by atoms with Gasteiger partial charge in [0.25, 0.3) is 0 Å². The van der Waals surface area contributed by atoms with E-state index in [1.54, 1.807) is 11.8 Å². The van der Waals surface area contributed by atoms with Crippen LogP contribution in [-0.4, -0.2) is 13.3 Å². The number of thioether (sulfide) groups is 1. The monoisotopic (exact) mass is 193 g/mol. The molecule has 70 valence electrons. The van der Waals surface area contributed by atoms with Gasteiger partial charge in [0.05, 0.1) is 0 Å². The van der Waals surface area contributed by atoms with Gasteiger partial charge in [-0.15, -0.1) is 11.8 Å². The number of hydrogen-bond acceptors (Lipinski definition) is 2. The Morgan fingerprint density at radius 1 is 1.23 bits per heavy atom. The van der Waals surface area contributed by atoms with E-state index in [0.29, 0.717) is 5.54 Å². The first-order valence-electron chi connectivity index (χ1n) is 4.64. The van der Waals surface area contributed by atoms with E-state index in [1.807, 2.05) is 0 Å². The van der Waals surface area contributed by atoms with E-state index in [1.165, 1.54) is 23.3 Å². The zero-order chi connectivity index (χ0) is 9.31. The molecule has 1 aliphatic rings. The zero-order valence-electron chi connectivity index (χ0n) is 8.13. The van der Waals surface area contributed by atoms with Crippen LogP contribution in [0.15, 0.2) is 29.2 Å². The van der Waals surface area contributed by atoms with Crippen LogP contribution in [0, 0.1) is 0 Å². The molecule has 0 amide bonds. The van der Waals surface area contributed by atoms with Crippen LogP contribution in [0.4, 0.5) is 0 Å². The van der Waals surface area contributed by atoms with E-state index in [2.05, 4.69) is 42.9 Å². The molecule has 1 aliphatic carbocycles. The van der Waals surface area contributed by atoms with Gasteiger partial charge in [-0.2, -0.15) is 0 Å². The lowest BCUT2D eigenvalue weighted by atomic mass is 10.1. The third-order valence-electron chi connectivity index (χ3n) is 2.87. The molecule has 1 saturated carbocycles. The Hall–Kier alpha value is -0.470. The van der Waals surface area contributed by atoms with Crippen molar-refractivity contribution in [2.24, 2.45) is 0 Å². The van der Waals surface area contributed by atoms with Gasteiger partial charge in [-0.3, -0.25) is 0 Å². The smallest absolute Gasteiger partial charge is 0.0433 e. The maximum absolute atomic E-state index is 3.40. The Balaban J connectivity index is 2.23. The summed E-state index contributed by atoms with van der Waals surface area (Å²) in [6.07, 6.45) is 4.67. The quantitative estimate of drug-likeness (QED) is 0.741. The molecule has 0 unspecified atom stereocenters. The number of rotatable bonds is 3. The lowest BCUT2D eigenvalue weighted by Crippen LogP contribution is -2.24. The molecule has 1 N–H and O–H groups in total. The second-order valence-electron chi connectivity index (χ2n) is 3.56. The summed E-state index contributed by atoms with van der Waals surface area (Å²) in [6.45, 7) is 0. The zero-order valence-corrected chi connectivity index (χ0v) is 8.95. The summed E-state index contributed by atoms with van der Waals surface area (Å²) in [5.74, 6) is 0. The number of nitrogens with one attached hydrogen (secondary N) is 1. The van der Waals surface area contributed by atoms with E-state index in [0.717, 1.165) is 0 Å². The minimum atomic E-state index is 0.316. The van der Waals surface area contributed by atoms with Crippen LogP contribution in [-0.2, 0) is 5.54 Å². The van der Waals surface area contributed by atoms with Crippen molar-refractivity contribution in [1.29, 1.82) is 0 Å². The van der Waals surface area contributed by atoms with E-state index >= 15 is 0 Å². The molecule has 1 aromatic rings. The molecule has 0 spiro atoms. The topological polar surface area (TPSA) is 12.0 Å². The largest absolute Gasteiger partial charge is 0.310 e. The molecular formula is C11H15NS. The van der Waals surface area contributed by atoms with Gasteiger partial charge in [0.15, 0.2) is 0 Å². The fraction of sp³-hybridized carbons (Fsp3) is 0.455. The second-order valence-corrected chi connectivity index (χ2v) is 4.44. The van der Waals surface area contributed by atoms with E-state index in [9.17, 15) is 0 Å². The van der Waals surface area contributed by atoms with E-state index < -0.39 is 0 Å². The lowest BCUT2D eigenvalue weighted by molar-refractivity contribution is 0.585. The van der Waals surface area contributed by atoms with Crippen molar-refractivity contribution in [2.75, 3.05) is 13.3 Å². The van der Waals surface area contributed by atoms with Crippen molar-refractivity contribution in [3.63, 3.8) is 0 Å². The van der Waals surface area contributed by atoms with Crippen molar-refractivity contribution in [1.82, 2.24) is 5.32 Å². The highest BCUT2D eigenvalue weighted by Crippen LogP contribution is 2.45. The van der Waals surface area contributed by atoms with Crippen LogP contribution < -0.4 is 5.32 Å². The summed E-state index contributed by atoms with van der Waals surface area (Å²) in [7, 11) is 2.05. The summed E-state index contributed by atoms with van der Waals surface area (Å²) >= 11 is 1.80. The first-order chi connectivity index (χ1) is 6.30. The molecule has 0 radical (unpaired) electrons. The standard InChI is InChI=1S/C11H15NS/c1-12-11(7-8-11)9-3-5-10(13-2)6-4-9/h3-6,12H,7-8H2,1-2H3. The van der Waals surface area contributed by atoms with E-state index in [-0.39, 0.29) is 0 Å². The molecule has 1 nitrogen and oxygen atoms in total. The Kier molecular flexibility index (Phi) is 2.35. The average Bonchev–Trinajstić information content (AvgIpc) is 2.99. The fourth-order valence-corrected chi connectivity index (χ4v) is 2.13. The average molecular weight is 193 g/mol. The van der Waals surface area contributed by atoms with Gasteiger partial charge in [0.1, 0.15) is 0 Å². The van der Waals surface area contributed by atoms with Crippen LogP contribution in [0.3, 0.4) is 0 Å². The predicted octanol–water partition coefficient (Wildman–Crippen LogP) is 2.62. The van der Waals surface area contributed by atoms with Crippen LogP contribution in [0.1, 0.15) is 18.4 Å². The van der Waals surface area contributed by atoms with Gasteiger partial charge in [0.2, 0.25) is 0 Å². The molecule has 1 aromatic carbocycles. The highest BCUT2D eigenvalue weighted by molar-refractivity contribution is 7.98. The maximum atomic E-state index is 3.40. The molecule has 0 aromatic heterocycles. The summed E-state index contributed by atoms with van der Waals surface area (Å²) < 4.78 is 0. The minimum absolute atomic E-state index is 0.316. The molecule has 0 atom stereocenters. The normalized spacial score (nSPS) is 18.6. The summed E-state index contributed by atoms with van der Waals surface area (Å²) in [6, 6.07) is 8.90. The maximum Gasteiger partial charge on any atom is 0.0433 e. The van der Waals surface area contributed by atoms with Gasteiger partial charge < -0.3 is 5.32 Å². The molecule has 0 heterocycles. The third-order valence-corrected chi connectivity index (χ3v) is 3.61. The molecule has 0 aliphatic heterocycles. The Morgan fingerprint density at radius 2 is 1.85 bits per heavy atom. The van der Waals surface area contributed by atoms with Crippen LogP contribution in [0.5, 0.6) is 0 Å². The second kappa shape index (κ2) is 3.35. The number of benzene rings is 1. The van der Waals surface area contributed by atoms with Crippen molar-refractivity contribution >= 4 is 11.8 Å². The Bertz CT molecular complexity index is 287. The fourth-order valence-electron chi connectivity index (χ4n) is 1.72. The van der Waals surface area contributed by atoms with Crippen molar-refractivity contribution < 1.29 is 0 Å². The van der Waals surface area contributed by atoms with Gasteiger partial charge in [0, 0.05) is 10.4 Å². The van der Waals surface area contributed by atoms with Crippen LogP contribution >= 0.6 is 11.8 Å². The number of hydrogen-bond donors (Lipinski definition) is 1. The predicted molar refractivity (Wildman–Crippen MR) is 58.2 cm³/mol. The Labute approximate surface area is 83.9 Å². The van der Waals surface area contributed by atoms with Gasteiger partial charge in [-0.05, 0) is 43.8 Å².